The number of nitrogens with zero attached hydrogens (tertiary/aromatic N) is 1. The van der Waals surface area contributed by atoms with Gasteiger partial charge in [0.25, 0.3) is 0 Å². The predicted octanol–water partition coefficient (Wildman–Crippen LogP) is 1.54. The number of carbonyl (C=O) groups excluding carboxylic acids is 1. The Bertz CT molecular complexity index is 302. The van der Waals surface area contributed by atoms with E-state index in [0.29, 0.717) is 11.9 Å². The minimum absolute atomic E-state index is 0.128. The average Bonchev–Trinajstić information content (AvgIpc) is 2.87. The van der Waals surface area contributed by atoms with E-state index in [1.807, 2.05) is 13.0 Å². The maximum atomic E-state index is 11.3. The Morgan fingerprint density at radius 1 is 1.57 bits per heavy atom. The van der Waals surface area contributed by atoms with Crippen molar-refractivity contribution in [3.05, 3.63) is 11.9 Å². The van der Waals surface area contributed by atoms with Crippen molar-refractivity contribution >= 4 is 11.7 Å². The number of amides is 2. The van der Waals surface area contributed by atoms with Gasteiger partial charge in [-0.25, -0.2) is 9.79 Å². The van der Waals surface area contributed by atoms with Crippen molar-refractivity contribution in [2.24, 2.45) is 4.99 Å². The summed E-state index contributed by atoms with van der Waals surface area (Å²) in [6.45, 7) is 1.98. The number of carbonyl (C=O) groups is 1. The Balaban J connectivity index is 1.83. The fourth-order valence-electron chi connectivity index (χ4n) is 1.37. The Morgan fingerprint density at radius 3 is 3.00 bits per heavy atom. The van der Waals surface area contributed by atoms with Gasteiger partial charge in [-0.1, -0.05) is 0 Å². The highest BCUT2D eigenvalue weighted by molar-refractivity contribution is 5.85. The van der Waals surface area contributed by atoms with Crippen molar-refractivity contribution in [3.63, 3.8) is 0 Å². The largest absolute Gasteiger partial charge is 0.335 e. The zero-order valence-electron chi connectivity index (χ0n) is 8.34. The molecule has 1 aliphatic carbocycles. The summed E-state index contributed by atoms with van der Waals surface area (Å²) in [6, 6.07) is 0.265. The minimum atomic E-state index is -0.128. The van der Waals surface area contributed by atoms with Gasteiger partial charge in [-0.2, -0.15) is 0 Å². The van der Waals surface area contributed by atoms with Crippen molar-refractivity contribution in [3.8, 4) is 0 Å². The molecule has 0 bridgehead atoms. The normalized spacial score (nSPS) is 20.9. The van der Waals surface area contributed by atoms with Crippen LogP contribution in [0.1, 0.15) is 32.6 Å². The third-order valence-corrected chi connectivity index (χ3v) is 2.31. The van der Waals surface area contributed by atoms with E-state index >= 15 is 0 Å². The van der Waals surface area contributed by atoms with Crippen LogP contribution in [0.4, 0.5) is 4.79 Å². The third-order valence-electron chi connectivity index (χ3n) is 2.31. The molecule has 0 atom stereocenters. The maximum absolute atomic E-state index is 11.3. The molecule has 0 aromatic heterocycles. The van der Waals surface area contributed by atoms with E-state index in [1.165, 1.54) is 0 Å². The number of allylic oxidation sites excluding steroid dienone is 1. The Morgan fingerprint density at radius 2 is 2.36 bits per heavy atom. The molecule has 14 heavy (non-hydrogen) atoms. The fraction of sp³-hybridized carbons (Fsp3) is 0.600. The fourth-order valence-corrected chi connectivity index (χ4v) is 1.37. The molecule has 0 spiro atoms. The molecule has 4 heteroatoms. The summed E-state index contributed by atoms with van der Waals surface area (Å²) < 4.78 is 0. The first-order valence-corrected chi connectivity index (χ1v) is 5.06. The first kappa shape index (κ1) is 9.24. The Kier molecular flexibility index (Phi) is 2.52. The highest BCUT2D eigenvalue weighted by Crippen LogP contribution is 2.18. The molecular weight excluding hydrogens is 178 g/mol. The van der Waals surface area contributed by atoms with Crippen LogP contribution in [-0.4, -0.2) is 17.8 Å². The van der Waals surface area contributed by atoms with Crippen LogP contribution in [0.3, 0.4) is 0 Å². The molecule has 1 fully saturated rings. The van der Waals surface area contributed by atoms with Crippen molar-refractivity contribution in [2.75, 3.05) is 0 Å². The number of urea groups is 1. The lowest BCUT2D eigenvalue weighted by Crippen LogP contribution is -2.36. The molecule has 0 unspecified atom stereocenters. The van der Waals surface area contributed by atoms with Gasteiger partial charge in [0.05, 0.1) is 0 Å². The molecule has 2 aliphatic rings. The number of rotatable bonds is 2. The van der Waals surface area contributed by atoms with Gasteiger partial charge in [0.1, 0.15) is 5.82 Å². The first-order valence-electron chi connectivity index (χ1n) is 5.06. The van der Waals surface area contributed by atoms with Crippen LogP contribution < -0.4 is 10.6 Å². The van der Waals surface area contributed by atoms with Crippen molar-refractivity contribution in [2.45, 2.75) is 38.6 Å². The second-order valence-electron chi connectivity index (χ2n) is 3.85. The molecule has 76 valence electrons. The van der Waals surface area contributed by atoms with Gasteiger partial charge in [0, 0.05) is 11.8 Å². The van der Waals surface area contributed by atoms with Crippen LogP contribution in [0.15, 0.2) is 16.9 Å². The van der Waals surface area contributed by atoms with E-state index < -0.39 is 0 Å². The number of hydrogen-bond acceptors (Lipinski definition) is 2. The summed E-state index contributed by atoms with van der Waals surface area (Å²) in [5.74, 6) is 0.687. The molecule has 2 N–H and O–H groups in total. The molecule has 1 aliphatic heterocycles. The number of nitrogens with one attached hydrogen (secondary N) is 2. The SMILES string of the molecule is CC1=NC(NC(=O)NC2CC2)=CCC1. The van der Waals surface area contributed by atoms with Crippen LogP contribution >= 0.6 is 0 Å². The van der Waals surface area contributed by atoms with Gasteiger partial charge in [-0.15, -0.1) is 0 Å². The Labute approximate surface area is 83.5 Å². The zero-order chi connectivity index (χ0) is 9.97. The molecule has 0 aromatic carbocycles. The monoisotopic (exact) mass is 193 g/mol. The summed E-state index contributed by atoms with van der Waals surface area (Å²) in [5, 5.41) is 5.60. The first-order chi connectivity index (χ1) is 6.74. The van der Waals surface area contributed by atoms with Gasteiger partial charge in [-0.3, -0.25) is 5.32 Å². The molecule has 2 amide bonds. The minimum Gasteiger partial charge on any atom is -0.335 e. The summed E-state index contributed by atoms with van der Waals surface area (Å²) >= 11 is 0. The smallest absolute Gasteiger partial charge is 0.320 e. The second-order valence-corrected chi connectivity index (χ2v) is 3.85. The van der Waals surface area contributed by atoms with E-state index in [4.69, 9.17) is 0 Å². The highest BCUT2D eigenvalue weighted by Gasteiger charge is 2.23. The summed E-state index contributed by atoms with van der Waals surface area (Å²) in [7, 11) is 0. The van der Waals surface area contributed by atoms with Gasteiger partial charge in [0.2, 0.25) is 0 Å². The van der Waals surface area contributed by atoms with E-state index in [9.17, 15) is 4.79 Å². The topological polar surface area (TPSA) is 53.5 Å². The average molecular weight is 193 g/mol. The summed E-state index contributed by atoms with van der Waals surface area (Å²) in [6.07, 6.45) is 6.13. The Hall–Kier alpha value is -1.32. The summed E-state index contributed by atoms with van der Waals surface area (Å²) in [4.78, 5) is 15.6. The molecule has 0 radical (unpaired) electrons. The highest BCUT2D eigenvalue weighted by atomic mass is 16.2. The standard InChI is InChI=1S/C10H15N3O/c1-7-3-2-4-9(11-7)13-10(14)12-8-5-6-8/h4,8H,2-3,5-6H2,1H3,(H2,12,13,14). The molecule has 0 aromatic rings. The van der Waals surface area contributed by atoms with Crippen molar-refractivity contribution < 1.29 is 4.79 Å². The van der Waals surface area contributed by atoms with Gasteiger partial charge >= 0.3 is 6.03 Å². The van der Waals surface area contributed by atoms with E-state index in [0.717, 1.165) is 31.4 Å². The van der Waals surface area contributed by atoms with Crippen LogP contribution in [-0.2, 0) is 0 Å². The number of hydrogen-bond donors (Lipinski definition) is 2. The lowest BCUT2D eigenvalue weighted by atomic mass is 10.2. The summed E-state index contributed by atoms with van der Waals surface area (Å²) in [5.41, 5.74) is 1.08. The molecule has 1 saturated carbocycles. The molecule has 0 saturated heterocycles. The van der Waals surface area contributed by atoms with E-state index in [-0.39, 0.29) is 6.03 Å². The molecule has 1 heterocycles. The van der Waals surface area contributed by atoms with Crippen molar-refractivity contribution in [1.29, 1.82) is 0 Å². The lowest BCUT2D eigenvalue weighted by molar-refractivity contribution is 0.243. The van der Waals surface area contributed by atoms with Crippen LogP contribution in [0, 0.1) is 0 Å². The van der Waals surface area contributed by atoms with Crippen LogP contribution in [0.25, 0.3) is 0 Å². The zero-order valence-corrected chi connectivity index (χ0v) is 8.34. The molecular formula is C10H15N3O. The van der Waals surface area contributed by atoms with Gasteiger partial charge < -0.3 is 5.32 Å². The van der Waals surface area contributed by atoms with Crippen LogP contribution in [0.5, 0.6) is 0 Å². The van der Waals surface area contributed by atoms with Gasteiger partial charge in [-0.05, 0) is 38.7 Å². The maximum Gasteiger partial charge on any atom is 0.320 e. The molecule has 4 nitrogen and oxygen atoms in total. The van der Waals surface area contributed by atoms with E-state index in [1.54, 1.807) is 0 Å². The predicted molar refractivity (Wildman–Crippen MR) is 55.1 cm³/mol. The molecule has 2 rings (SSSR count). The lowest BCUT2D eigenvalue weighted by Gasteiger charge is -2.11. The quantitative estimate of drug-likeness (QED) is 0.686. The van der Waals surface area contributed by atoms with Crippen LogP contribution in [0.2, 0.25) is 0 Å². The van der Waals surface area contributed by atoms with Crippen molar-refractivity contribution in [1.82, 2.24) is 10.6 Å². The van der Waals surface area contributed by atoms with E-state index in [2.05, 4.69) is 15.6 Å². The van der Waals surface area contributed by atoms with Gasteiger partial charge in [0.15, 0.2) is 0 Å². The third kappa shape index (κ3) is 2.58. The second kappa shape index (κ2) is 3.82. The number of aliphatic imine (C=N–C) groups is 1.